The van der Waals surface area contributed by atoms with Crippen molar-refractivity contribution < 1.29 is 19.4 Å². The van der Waals surface area contributed by atoms with E-state index in [0.29, 0.717) is 11.1 Å². The number of benzene rings is 1. The summed E-state index contributed by atoms with van der Waals surface area (Å²) in [6.07, 6.45) is -0.292. The van der Waals surface area contributed by atoms with Crippen LogP contribution in [0.15, 0.2) is 12.1 Å². The zero-order valence-corrected chi connectivity index (χ0v) is 8.62. The fourth-order valence-electron chi connectivity index (χ4n) is 1.50. The van der Waals surface area contributed by atoms with Gasteiger partial charge < -0.3 is 10.2 Å². The van der Waals surface area contributed by atoms with Gasteiger partial charge in [-0.05, 0) is 17.5 Å². The molecule has 0 unspecified atom stereocenters. The first-order valence-electron chi connectivity index (χ1n) is 4.65. The number of phenolic OH excluding ortho intramolecular Hbond substituents is 1. The van der Waals surface area contributed by atoms with Crippen LogP contribution in [0.1, 0.15) is 30.9 Å². The number of carboxylic acids is 1. The molecule has 3 nitrogen and oxygen atoms in total. The SMILES string of the molecule is CC(C)c1cc(F)cc(O)c1CC(=O)O. The minimum atomic E-state index is -1.04. The van der Waals surface area contributed by atoms with Crippen molar-refractivity contribution in [3.05, 3.63) is 29.1 Å². The van der Waals surface area contributed by atoms with E-state index in [0.717, 1.165) is 6.07 Å². The Hall–Kier alpha value is -1.58. The van der Waals surface area contributed by atoms with Crippen molar-refractivity contribution in [2.24, 2.45) is 0 Å². The first-order valence-corrected chi connectivity index (χ1v) is 4.65. The van der Waals surface area contributed by atoms with E-state index >= 15 is 0 Å². The number of carbonyl (C=O) groups is 1. The minimum Gasteiger partial charge on any atom is -0.508 e. The molecule has 0 radical (unpaired) electrons. The second-order valence-corrected chi connectivity index (χ2v) is 3.72. The van der Waals surface area contributed by atoms with Gasteiger partial charge in [0.1, 0.15) is 11.6 Å². The zero-order chi connectivity index (χ0) is 11.6. The van der Waals surface area contributed by atoms with Crippen LogP contribution < -0.4 is 0 Å². The Labute approximate surface area is 87.2 Å². The predicted octanol–water partition coefficient (Wildman–Crippen LogP) is 2.28. The van der Waals surface area contributed by atoms with E-state index < -0.39 is 11.8 Å². The van der Waals surface area contributed by atoms with Gasteiger partial charge >= 0.3 is 5.97 Å². The highest BCUT2D eigenvalue weighted by Crippen LogP contribution is 2.28. The normalized spacial score (nSPS) is 10.7. The molecule has 1 aromatic carbocycles. The maximum Gasteiger partial charge on any atom is 0.307 e. The van der Waals surface area contributed by atoms with Crippen molar-refractivity contribution >= 4 is 5.97 Å². The lowest BCUT2D eigenvalue weighted by Crippen LogP contribution is -2.05. The van der Waals surface area contributed by atoms with E-state index in [4.69, 9.17) is 5.11 Å². The number of carboxylic acid groups (broad SMARTS) is 1. The molecule has 4 heteroatoms. The van der Waals surface area contributed by atoms with Gasteiger partial charge in [-0.1, -0.05) is 13.8 Å². The molecule has 0 spiro atoms. The van der Waals surface area contributed by atoms with Crippen LogP contribution in [0.5, 0.6) is 5.75 Å². The van der Waals surface area contributed by atoms with Crippen molar-refractivity contribution in [3.63, 3.8) is 0 Å². The highest BCUT2D eigenvalue weighted by atomic mass is 19.1. The third-order valence-corrected chi connectivity index (χ3v) is 2.18. The summed E-state index contributed by atoms with van der Waals surface area (Å²) in [5, 5.41) is 18.1. The van der Waals surface area contributed by atoms with Crippen molar-refractivity contribution in [1.82, 2.24) is 0 Å². The first kappa shape index (κ1) is 11.5. The third kappa shape index (κ3) is 2.68. The van der Waals surface area contributed by atoms with Crippen LogP contribution >= 0.6 is 0 Å². The van der Waals surface area contributed by atoms with Crippen LogP contribution in [0, 0.1) is 5.82 Å². The van der Waals surface area contributed by atoms with E-state index in [1.54, 1.807) is 0 Å². The number of aromatic hydroxyl groups is 1. The summed E-state index contributed by atoms with van der Waals surface area (Å²) >= 11 is 0. The topological polar surface area (TPSA) is 57.5 Å². The van der Waals surface area contributed by atoms with Gasteiger partial charge in [-0.15, -0.1) is 0 Å². The Morgan fingerprint density at radius 3 is 2.53 bits per heavy atom. The van der Waals surface area contributed by atoms with Gasteiger partial charge in [0, 0.05) is 11.6 Å². The fourth-order valence-corrected chi connectivity index (χ4v) is 1.50. The van der Waals surface area contributed by atoms with Crippen molar-refractivity contribution in [2.75, 3.05) is 0 Å². The Kier molecular flexibility index (Phi) is 3.29. The molecule has 0 saturated heterocycles. The highest BCUT2D eigenvalue weighted by molar-refractivity contribution is 5.72. The maximum atomic E-state index is 13.0. The van der Waals surface area contributed by atoms with E-state index in [-0.39, 0.29) is 18.1 Å². The molecule has 15 heavy (non-hydrogen) atoms. The van der Waals surface area contributed by atoms with Crippen LogP contribution in [-0.4, -0.2) is 16.2 Å². The fraction of sp³-hybridized carbons (Fsp3) is 0.364. The van der Waals surface area contributed by atoms with E-state index in [1.165, 1.54) is 6.07 Å². The van der Waals surface area contributed by atoms with Crippen molar-refractivity contribution in [1.29, 1.82) is 0 Å². The molecule has 0 aromatic heterocycles. The van der Waals surface area contributed by atoms with Gasteiger partial charge in [0.05, 0.1) is 6.42 Å². The lowest BCUT2D eigenvalue weighted by atomic mass is 9.94. The molecule has 1 aromatic rings. The van der Waals surface area contributed by atoms with E-state index in [2.05, 4.69) is 0 Å². The number of hydrogen-bond acceptors (Lipinski definition) is 2. The molecule has 0 fully saturated rings. The second-order valence-electron chi connectivity index (χ2n) is 3.72. The molecule has 0 heterocycles. The van der Waals surface area contributed by atoms with Crippen LogP contribution in [0.4, 0.5) is 4.39 Å². The smallest absolute Gasteiger partial charge is 0.307 e. The van der Waals surface area contributed by atoms with Crippen LogP contribution in [0.25, 0.3) is 0 Å². The third-order valence-electron chi connectivity index (χ3n) is 2.18. The average Bonchev–Trinajstić information content (AvgIpc) is 2.08. The molecule has 0 bridgehead atoms. The van der Waals surface area contributed by atoms with E-state index in [9.17, 15) is 14.3 Å². The summed E-state index contributed by atoms with van der Waals surface area (Å²) < 4.78 is 13.0. The standard InChI is InChI=1S/C11H13FO3/c1-6(2)8-3-7(12)4-10(13)9(8)5-11(14)15/h3-4,6,13H,5H2,1-2H3,(H,14,15). The summed E-state index contributed by atoms with van der Waals surface area (Å²) in [7, 11) is 0. The van der Waals surface area contributed by atoms with Crippen LogP contribution in [0.3, 0.4) is 0 Å². The van der Waals surface area contributed by atoms with Gasteiger partial charge in [-0.3, -0.25) is 4.79 Å². The Balaban J connectivity index is 3.26. The number of aliphatic carboxylic acids is 1. The van der Waals surface area contributed by atoms with Crippen molar-refractivity contribution in [2.45, 2.75) is 26.2 Å². The average molecular weight is 212 g/mol. The molecule has 2 N–H and O–H groups in total. The lowest BCUT2D eigenvalue weighted by molar-refractivity contribution is -0.136. The quantitative estimate of drug-likeness (QED) is 0.808. The molecule has 0 atom stereocenters. The van der Waals surface area contributed by atoms with Gasteiger partial charge in [0.25, 0.3) is 0 Å². The summed E-state index contributed by atoms with van der Waals surface area (Å²) in [6, 6.07) is 2.20. The largest absolute Gasteiger partial charge is 0.508 e. The molecule has 0 amide bonds. The van der Waals surface area contributed by atoms with Gasteiger partial charge in [0.15, 0.2) is 0 Å². The molecule has 1 rings (SSSR count). The lowest BCUT2D eigenvalue weighted by Gasteiger charge is -2.13. The molecule has 0 aliphatic heterocycles. The Bertz CT molecular complexity index is 386. The Morgan fingerprint density at radius 1 is 1.47 bits per heavy atom. The number of rotatable bonds is 3. The van der Waals surface area contributed by atoms with Gasteiger partial charge in [0.2, 0.25) is 0 Å². The second kappa shape index (κ2) is 4.29. The zero-order valence-electron chi connectivity index (χ0n) is 8.62. The number of halogens is 1. The maximum absolute atomic E-state index is 13.0. The molecule has 0 aliphatic rings. The molecular weight excluding hydrogens is 199 g/mol. The summed E-state index contributed by atoms with van der Waals surface area (Å²) in [5.74, 6) is -1.91. The minimum absolute atomic E-state index is 0.0269. The van der Waals surface area contributed by atoms with Gasteiger partial charge in [-0.2, -0.15) is 0 Å². The summed E-state index contributed by atoms with van der Waals surface area (Å²) in [6.45, 7) is 3.64. The molecular formula is C11H13FO3. The van der Waals surface area contributed by atoms with Crippen molar-refractivity contribution in [3.8, 4) is 5.75 Å². The molecule has 0 saturated carbocycles. The Morgan fingerprint density at radius 2 is 2.07 bits per heavy atom. The molecule has 82 valence electrons. The number of hydrogen-bond donors (Lipinski definition) is 2. The van der Waals surface area contributed by atoms with E-state index in [1.807, 2.05) is 13.8 Å². The highest BCUT2D eigenvalue weighted by Gasteiger charge is 2.15. The summed E-state index contributed by atoms with van der Waals surface area (Å²) in [4.78, 5) is 10.6. The monoisotopic (exact) mass is 212 g/mol. The summed E-state index contributed by atoms with van der Waals surface area (Å²) in [5.41, 5.74) is 0.828. The van der Waals surface area contributed by atoms with Crippen LogP contribution in [-0.2, 0) is 11.2 Å². The molecule has 0 aliphatic carbocycles. The first-order chi connectivity index (χ1) is 6.91. The predicted molar refractivity (Wildman–Crippen MR) is 53.5 cm³/mol. The number of phenols is 1. The van der Waals surface area contributed by atoms with Crippen LogP contribution in [0.2, 0.25) is 0 Å². The van der Waals surface area contributed by atoms with Gasteiger partial charge in [-0.25, -0.2) is 4.39 Å².